The van der Waals surface area contributed by atoms with Crippen LogP contribution in [0.3, 0.4) is 0 Å². The van der Waals surface area contributed by atoms with Crippen molar-refractivity contribution in [3.63, 3.8) is 0 Å². The van der Waals surface area contributed by atoms with Crippen molar-refractivity contribution in [1.82, 2.24) is 5.32 Å². The lowest BCUT2D eigenvalue weighted by Gasteiger charge is -2.51. The zero-order valence-corrected chi connectivity index (χ0v) is 55.3. The van der Waals surface area contributed by atoms with Gasteiger partial charge >= 0.3 is 0 Å². The molecule has 30 atom stereocenters. The predicted octanol–water partition coefficient (Wildman–Crippen LogP) is -4.47. The highest BCUT2D eigenvalue weighted by atomic mass is 32.2. The Morgan fingerprint density at radius 2 is 0.637 bits per heavy atom. The monoisotopic (exact) mass is 1490 g/mol. The molecule has 0 aromatic carbocycles. The van der Waals surface area contributed by atoms with Gasteiger partial charge in [-0.2, -0.15) is 11.8 Å². The van der Waals surface area contributed by atoms with Crippen molar-refractivity contribution >= 4 is 17.7 Å². The molecule has 22 saturated heterocycles. The van der Waals surface area contributed by atoms with Crippen LogP contribution in [0.4, 0.5) is 0 Å². The van der Waals surface area contributed by atoms with Gasteiger partial charge in [-0.3, -0.25) is 4.79 Å². The highest BCUT2D eigenvalue weighted by molar-refractivity contribution is 7.99. The first-order chi connectivity index (χ1) is 49.4. The molecule has 22 rings (SSSR count). The number of ether oxygens (including phenoxy) is 17. The molecule has 22 aliphatic rings. The van der Waals surface area contributed by atoms with Crippen LogP contribution in [0.5, 0.6) is 0 Å². The summed E-state index contributed by atoms with van der Waals surface area (Å²) in [7, 11) is 0. The first-order valence-corrected chi connectivity index (χ1v) is 33.4. The minimum absolute atomic E-state index is 0.0768. The number of azide groups is 6. The Bertz CT molecular complexity index is 2860. The molecule has 1 amide bonds. The molecule has 0 aromatic rings. The van der Waals surface area contributed by atoms with Gasteiger partial charge in [0.1, 0.15) is 110 Å². The topological polar surface area (TPSA) is 727 Å². The van der Waals surface area contributed by atoms with Crippen LogP contribution >= 0.6 is 11.8 Å². The molecule has 50 heteroatoms. The molecule has 0 saturated carbocycles. The Kier molecular flexibility index (Phi) is 36.0. The molecule has 0 spiro atoms. The van der Waals surface area contributed by atoms with Crippen LogP contribution in [0, 0.1) is 0 Å². The maximum atomic E-state index is 12.5. The third-order valence-corrected chi connectivity index (χ3v) is 17.8. The van der Waals surface area contributed by atoms with E-state index in [0.717, 1.165) is 0 Å². The summed E-state index contributed by atoms with van der Waals surface area (Å²) in [6, 6.07) is 0. The van der Waals surface area contributed by atoms with Crippen molar-refractivity contribution in [1.29, 1.82) is 0 Å². The van der Waals surface area contributed by atoms with Gasteiger partial charge in [0.2, 0.25) is 5.91 Å². The molecule has 22 fully saturated rings. The largest absolute Gasteiger partial charge is 0.387 e. The minimum Gasteiger partial charge on any atom is -0.387 e. The van der Waals surface area contributed by atoms with E-state index < -0.39 is 224 Å². The SMILES string of the molecule is [N-]=[N+]=NC[C@H]1O[C@@H]2O[C@H]3[C@H](O)[C@@H](O)[C@@H](O[C@H]4[C@H](O)[C@@H](O)[C@@H](O[C@H]5[C@H](O)[C@@H](OCCCSCCNC(=O)CCOCCOCCOCCOCCN)[C@@H](O[C@H]6[C@H](O)[C@@H](O)[C@@H](O[C@H]7[C@H](O)[C@@H](O)[C@@H](O[C@H]1[C@H](O)[C@H]2O)O[C@@H]7CN=[N+]=[N-])O[C@@H]6CN=[N+]=[N-])O[C@@H]5CN=[N+]=[N-])O[C@@H]4CN=[N+]=[N-])O[C@@H]3CN=[N+]=[N-]. The fourth-order valence-electron chi connectivity index (χ4n) is 11.6. The standard InChI is InChI=1S/C52H86N20O29S/c53-3-7-86-9-11-88-13-12-87-10-8-85-6-2-28(73)60-4-15-102-14-1-5-89-46-39(84)45-27(21-66-72-59)95-52(46)101-44-26(20-65-71-58)94-50(38(83)33(44)78)99-42-24(18-63-69-56)92-48(36(81)31(42)76)97-40-22(16-61-67-54)90-47(34(79)29(40)74)96-41-23(17-62-68-55)91-49(35(80)30(41)75)98-43-25(19-64-70-57)93-51(100-45)37(82)32(43)77/h22-27,29-52,74-84H,1-21,53H2,(H,60,73)/t22-,23-,24-,25-,26-,27-,29-,30-,31-,32-,33-,34-,35-,36-,37-,38-,39+,40-,41-,42-,43-,44-,45-,46-,47-,48-,49-,50-,51-,52-/m1/s1. The summed E-state index contributed by atoms with van der Waals surface area (Å²) in [5, 5.41) is 154. The van der Waals surface area contributed by atoms with Gasteiger partial charge in [0.15, 0.2) is 37.7 Å². The van der Waals surface area contributed by atoms with E-state index in [4.69, 9.17) is 86.3 Å². The van der Waals surface area contributed by atoms with E-state index in [1.165, 1.54) is 11.8 Å². The van der Waals surface area contributed by atoms with E-state index >= 15 is 0 Å². The first-order valence-electron chi connectivity index (χ1n) is 32.2. The van der Waals surface area contributed by atoms with Crippen LogP contribution < -0.4 is 11.1 Å². The highest BCUT2D eigenvalue weighted by Crippen LogP contribution is 2.39. The van der Waals surface area contributed by atoms with Crippen molar-refractivity contribution in [2.75, 3.05) is 123 Å². The fourth-order valence-corrected chi connectivity index (χ4v) is 12.4. The van der Waals surface area contributed by atoms with Crippen LogP contribution in [0.25, 0.3) is 62.7 Å². The van der Waals surface area contributed by atoms with Gasteiger partial charge in [0.05, 0.1) is 129 Å². The first kappa shape index (κ1) is 83.8. The average molecular weight is 1490 g/mol. The molecule has 0 radical (unpaired) electrons. The number of thioether (sulfide) groups is 1. The van der Waals surface area contributed by atoms with Gasteiger partial charge in [-0.05, 0) is 45.4 Å². The quantitative estimate of drug-likeness (QED) is 0.0125. The van der Waals surface area contributed by atoms with E-state index in [9.17, 15) is 94.2 Å². The van der Waals surface area contributed by atoms with E-state index in [0.29, 0.717) is 57.7 Å². The number of carbonyl (C=O) groups is 1. The lowest BCUT2D eigenvalue weighted by atomic mass is 9.94. The second-order valence-electron chi connectivity index (χ2n) is 23.4. The van der Waals surface area contributed by atoms with Crippen LogP contribution in [0.15, 0.2) is 30.7 Å². The molecule has 102 heavy (non-hydrogen) atoms. The number of nitrogens with zero attached hydrogens (tertiary/aromatic N) is 18. The smallest absolute Gasteiger partial charge is 0.222 e. The van der Waals surface area contributed by atoms with Crippen LogP contribution in [-0.4, -0.2) is 370 Å². The third kappa shape index (κ3) is 23.3. The minimum atomic E-state index is -2.26. The molecule has 22 heterocycles. The van der Waals surface area contributed by atoms with E-state index in [1.807, 2.05) is 0 Å². The number of carbonyl (C=O) groups excluding carboxylic acids is 1. The Labute approximate surface area is 582 Å². The molecule has 22 aliphatic heterocycles. The summed E-state index contributed by atoms with van der Waals surface area (Å²) in [6.07, 6.45) is -60.1. The summed E-state index contributed by atoms with van der Waals surface area (Å²) in [4.78, 5) is 28.9. The van der Waals surface area contributed by atoms with E-state index in [1.54, 1.807) is 0 Å². The number of hydrogen-bond donors (Lipinski definition) is 13. The van der Waals surface area contributed by atoms with Crippen molar-refractivity contribution in [2.45, 2.75) is 197 Å². The van der Waals surface area contributed by atoms with Crippen LogP contribution in [0.1, 0.15) is 12.8 Å². The second kappa shape index (κ2) is 43.8. The maximum absolute atomic E-state index is 12.5. The Morgan fingerprint density at radius 3 is 0.941 bits per heavy atom. The van der Waals surface area contributed by atoms with Gasteiger partial charge in [0.25, 0.3) is 0 Å². The Balaban J connectivity index is 1.15. The predicted molar refractivity (Wildman–Crippen MR) is 333 cm³/mol. The van der Waals surface area contributed by atoms with Gasteiger partial charge in [0, 0.05) is 61.3 Å². The van der Waals surface area contributed by atoms with Crippen molar-refractivity contribution in [3.8, 4) is 0 Å². The van der Waals surface area contributed by atoms with Gasteiger partial charge < -0.3 is 148 Å². The number of aliphatic hydroxyl groups is 11. The lowest BCUT2D eigenvalue weighted by Crippen LogP contribution is -2.69. The Morgan fingerprint density at radius 1 is 0.363 bits per heavy atom. The van der Waals surface area contributed by atoms with Crippen LogP contribution in [-0.2, 0) is 85.3 Å². The zero-order chi connectivity index (χ0) is 73.7. The summed E-state index contributed by atoms with van der Waals surface area (Å²) in [5.41, 5.74) is 62.1. The molecule has 0 unspecified atom stereocenters. The Hall–Kier alpha value is -5.48. The number of aliphatic hydroxyl groups excluding tert-OH is 11. The molecule has 574 valence electrons. The molecule has 0 aromatic heterocycles. The van der Waals surface area contributed by atoms with Gasteiger partial charge in [-0.15, -0.1) is 0 Å². The summed E-state index contributed by atoms with van der Waals surface area (Å²) in [5.74, 6) is 0.528. The molecule has 12 bridgehead atoms. The number of hydrogen-bond acceptors (Lipinski definition) is 37. The average Bonchev–Trinajstić information content (AvgIpc) is 0.706. The number of rotatable bonds is 34. The molecule has 49 nitrogen and oxygen atoms in total. The van der Waals surface area contributed by atoms with Gasteiger partial charge in [-0.1, -0.05) is 30.7 Å². The number of nitrogens with two attached hydrogens (primary N) is 1. The summed E-state index contributed by atoms with van der Waals surface area (Å²) < 4.78 is 100. The number of amides is 1. The molecular weight excluding hydrogens is 1400 g/mol. The van der Waals surface area contributed by atoms with Crippen molar-refractivity contribution < 1.29 is 141 Å². The second-order valence-corrected chi connectivity index (χ2v) is 24.6. The van der Waals surface area contributed by atoms with Crippen LogP contribution in [0.2, 0.25) is 0 Å². The summed E-state index contributed by atoms with van der Waals surface area (Å²) >= 11 is 1.40. The van der Waals surface area contributed by atoms with E-state index in [-0.39, 0.29) is 45.1 Å². The number of nitrogens with one attached hydrogen (secondary N) is 1. The fraction of sp³-hybridized carbons (Fsp3) is 0.981. The summed E-state index contributed by atoms with van der Waals surface area (Å²) in [6.45, 7) is -1.40. The van der Waals surface area contributed by atoms with Crippen molar-refractivity contribution in [3.05, 3.63) is 62.7 Å². The zero-order valence-electron chi connectivity index (χ0n) is 54.5. The van der Waals surface area contributed by atoms with Gasteiger partial charge in [-0.25, -0.2) is 0 Å². The molecule has 0 aliphatic carbocycles. The molecule has 14 N–H and O–H groups in total. The van der Waals surface area contributed by atoms with Crippen molar-refractivity contribution in [2.24, 2.45) is 36.4 Å². The van der Waals surface area contributed by atoms with E-state index in [2.05, 4.69) is 65.5 Å². The lowest BCUT2D eigenvalue weighted by molar-refractivity contribution is -0.399. The normalized spacial score (nSPS) is 39.2. The third-order valence-electron chi connectivity index (χ3n) is 16.7. The molecular formula is C52H86N20O29S. The maximum Gasteiger partial charge on any atom is 0.222 e. The highest BCUT2D eigenvalue weighted by Gasteiger charge is 2.59.